The molecule has 0 N–H and O–H groups in total. The molecule has 1 atom stereocenters. The van der Waals surface area contributed by atoms with Crippen LogP contribution in [-0.2, 0) is 0 Å². The van der Waals surface area contributed by atoms with Gasteiger partial charge >= 0.3 is 0 Å². The van der Waals surface area contributed by atoms with E-state index < -0.39 is 0 Å². The molecule has 1 aliphatic heterocycles. The number of alkyl halides is 1. The summed E-state index contributed by atoms with van der Waals surface area (Å²) in [4.78, 5) is 6.27. The number of halogens is 1. The molecule has 1 aliphatic rings. The summed E-state index contributed by atoms with van der Waals surface area (Å²) in [6.45, 7) is 4.28. The van der Waals surface area contributed by atoms with E-state index in [0.717, 1.165) is 11.3 Å². The van der Waals surface area contributed by atoms with Gasteiger partial charge in [-0.3, -0.25) is 4.98 Å². The van der Waals surface area contributed by atoms with Gasteiger partial charge in [-0.15, -0.1) is 0 Å². The topological polar surface area (TPSA) is 16.1 Å². The molecular formula is C11H13ClN2. The summed E-state index contributed by atoms with van der Waals surface area (Å²) < 4.78 is 0. The van der Waals surface area contributed by atoms with Gasteiger partial charge in [-0.2, -0.15) is 0 Å². The fourth-order valence-electron chi connectivity index (χ4n) is 1.73. The van der Waals surface area contributed by atoms with Gasteiger partial charge in [0.1, 0.15) is 5.50 Å². The normalized spacial score (nSPS) is 20.0. The average Bonchev–Trinajstić information content (AvgIpc) is 2.17. The van der Waals surface area contributed by atoms with Crippen LogP contribution in [0.5, 0.6) is 0 Å². The minimum Gasteiger partial charge on any atom is -0.349 e. The van der Waals surface area contributed by atoms with Crippen molar-refractivity contribution in [2.75, 3.05) is 4.90 Å². The maximum Gasteiger partial charge on any atom is 0.123 e. The molecule has 0 radical (unpaired) electrons. The van der Waals surface area contributed by atoms with Crippen LogP contribution >= 0.6 is 11.6 Å². The Bertz CT molecular complexity index is 360. The molecule has 3 heteroatoms. The Morgan fingerprint density at radius 1 is 1.50 bits per heavy atom. The van der Waals surface area contributed by atoms with Gasteiger partial charge in [0.15, 0.2) is 0 Å². The second kappa shape index (κ2) is 3.62. The molecule has 2 nitrogen and oxygen atoms in total. The van der Waals surface area contributed by atoms with E-state index in [2.05, 4.69) is 23.7 Å². The maximum atomic E-state index is 6.22. The van der Waals surface area contributed by atoms with Gasteiger partial charge < -0.3 is 4.90 Å². The summed E-state index contributed by atoms with van der Waals surface area (Å²) in [5, 5.41) is 0. The highest BCUT2D eigenvalue weighted by Gasteiger charge is 2.22. The van der Waals surface area contributed by atoms with Crippen LogP contribution in [0, 0.1) is 0 Å². The van der Waals surface area contributed by atoms with Gasteiger partial charge in [0.2, 0.25) is 0 Å². The number of rotatable bonds is 1. The molecular weight excluding hydrogens is 196 g/mol. The largest absolute Gasteiger partial charge is 0.349 e. The second-order valence-corrected chi connectivity index (χ2v) is 4.11. The first-order valence-corrected chi connectivity index (χ1v) is 5.18. The Kier molecular flexibility index (Phi) is 2.46. The van der Waals surface area contributed by atoms with E-state index in [1.54, 1.807) is 6.20 Å². The smallest absolute Gasteiger partial charge is 0.123 e. The second-order valence-electron chi connectivity index (χ2n) is 3.67. The molecule has 0 bridgehead atoms. The highest BCUT2D eigenvalue weighted by atomic mass is 35.5. The third-order valence-corrected chi connectivity index (χ3v) is 2.72. The van der Waals surface area contributed by atoms with Gasteiger partial charge in [-0.25, -0.2) is 0 Å². The van der Waals surface area contributed by atoms with Crippen LogP contribution in [0.4, 0.5) is 5.69 Å². The van der Waals surface area contributed by atoms with Crippen LogP contribution in [0.2, 0.25) is 0 Å². The molecule has 1 aromatic rings. The van der Waals surface area contributed by atoms with Crippen molar-refractivity contribution < 1.29 is 0 Å². The zero-order valence-corrected chi connectivity index (χ0v) is 9.07. The summed E-state index contributed by atoms with van der Waals surface area (Å²) in [5.74, 6) is 0. The van der Waals surface area contributed by atoms with Gasteiger partial charge in [0.05, 0.1) is 0 Å². The average molecular weight is 209 g/mol. The number of pyridine rings is 1. The number of anilines is 1. The van der Waals surface area contributed by atoms with E-state index >= 15 is 0 Å². The van der Waals surface area contributed by atoms with Crippen molar-refractivity contribution in [3.8, 4) is 0 Å². The standard InChI is InChI=1S/C11H13ClN2/c1-8(2)14-10-5-6-13-7-9(10)3-4-11(14)12/h3-8,11H,1-2H3. The molecule has 0 saturated carbocycles. The first kappa shape index (κ1) is 9.53. The van der Waals surface area contributed by atoms with E-state index in [9.17, 15) is 0 Å². The Balaban J connectivity index is 2.48. The Labute approximate surface area is 89.2 Å². The molecule has 0 aliphatic carbocycles. The number of aromatic nitrogens is 1. The van der Waals surface area contributed by atoms with Crippen molar-refractivity contribution in [3.05, 3.63) is 30.1 Å². The lowest BCUT2D eigenvalue weighted by atomic mass is 10.1. The number of hydrogen-bond acceptors (Lipinski definition) is 2. The first-order chi connectivity index (χ1) is 6.70. The molecule has 1 unspecified atom stereocenters. The van der Waals surface area contributed by atoms with Crippen molar-refractivity contribution in [2.45, 2.75) is 25.4 Å². The molecule has 2 rings (SSSR count). The molecule has 14 heavy (non-hydrogen) atoms. The number of nitrogens with zero attached hydrogens (tertiary/aromatic N) is 2. The van der Waals surface area contributed by atoms with Crippen molar-refractivity contribution in [2.24, 2.45) is 0 Å². The van der Waals surface area contributed by atoms with Gasteiger partial charge in [0.25, 0.3) is 0 Å². The van der Waals surface area contributed by atoms with E-state index in [1.165, 1.54) is 0 Å². The Morgan fingerprint density at radius 3 is 3.00 bits per heavy atom. The molecule has 0 fully saturated rings. The van der Waals surface area contributed by atoms with Gasteiger partial charge in [-0.05, 0) is 26.0 Å². The minimum absolute atomic E-state index is 0.0510. The summed E-state index contributed by atoms with van der Waals surface area (Å²) in [7, 11) is 0. The summed E-state index contributed by atoms with van der Waals surface area (Å²) in [6, 6.07) is 2.40. The molecule has 0 aromatic carbocycles. The summed E-state index contributed by atoms with van der Waals surface area (Å²) in [6.07, 6.45) is 7.69. The molecule has 0 spiro atoms. The maximum absolute atomic E-state index is 6.22. The van der Waals surface area contributed by atoms with Crippen LogP contribution in [0.3, 0.4) is 0 Å². The van der Waals surface area contributed by atoms with E-state index in [1.807, 2.05) is 24.4 Å². The highest BCUT2D eigenvalue weighted by Crippen LogP contribution is 2.31. The molecule has 0 saturated heterocycles. The fourth-order valence-corrected chi connectivity index (χ4v) is 2.14. The van der Waals surface area contributed by atoms with Crippen LogP contribution in [-0.4, -0.2) is 16.5 Å². The van der Waals surface area contributed by atoms with Gasteiger partial charge in [-0.1, -0.05) is 17.7 Å². The third-order valence-electron chi connectivity index (χ3n) is 2.36. The SMILES string of the molecule is CC(C)N1c2ccncc2C=CC1Cl. The zero-order valence-electron chi connectivity index (χ0n) is 8.31. The molecule has 1 aromatic heterocycles. The third kappa shape index (κ3) is 1.50. The lowest BCUT2D eigenvalue weighted by Crippen LogP contribution is -2.38. The van der Waals surface area contributed by atoms with Gasteiger partial charge in [0, 0.05) is 29.7 Å². The molecule has 0 amide bonds. The summed E-state index contributed by atoms with van der Waals surface area (Å²) >= 11 is 6.22. The molecule has 2 heterocycles. The van der Waals surface area contributed by atoms with Crippen molar-refractivity contribution >= 4 is 23.4 Å². The zero-order chi connectivity index (χ0) is 10.1. The van der Waals surface area contributed by atoms with Crippen molar-refractivity contribution in [1.29, 1.82) is 0 Å². The Morgan fingerprint density at radius 2 is 2.29 bits per heavy atom. The quantitative estimate of drug-likeness (QED) is 0.521. The van der Waals surface area contributed by atoms with Crippen molar-refractivity contribution in [3.63, 3.8) is 0 Å². The first-order valence-electron chi connectivity index (χ1n) is 4.75. The van der Waals surface area contributed by atoms with E-state index in [-0.39, 0.29) is 5.50 Å². The fraction of sp³-hybridized carbons (Fsp3) is 0.364. The van der Waals surface area contributed by atoms with Crippen molar-refractivity contribution in [1.82, 2.24) is 4.98 Å². The van der Waals surface area contributed by atoms with E-state index in [0.29, 0.717) is 6.04 Å². The summed E-state index contributed by atoms with van der Waals surface area (Å²) in [5.41, 5.74) is 2.25. The minimum atomic E-state index is -0.0510. The molecule has 74 valence electrons. The predicted molar refractivity (Wildman–Crippen MR) is 60.5 cm³/mol. The van der Waals surface area contributed by atoms with Crippen LogP contribution in [0.1, 0.15) is 19.4 Å². The lowest BCUT2D eigenvalue weighted by molar-refractivity contribution is 0.694. The number of fused-ring (bicyclic) bond motifs is 1. The van der Waals surface area contributed by atoms with Crippen LogP contribution in [0.15, 0.2) is 24.5 Å². The Hall–Kier alpha value is -1.02. The highest BCUT2D eigenvalue weighted by molar-refractivity contribution is 6.23. The van der Waals surface area contributed by atoms with E-state index in [4.69, 9.17) is 11.6 Å². The predicted octanol–water partition coefficient (Wildman–Crippen LogP) is 2.89. The van der Waals surface area contributed by atoms with Crippen LogP contribution in [0.25, 0.3) is 6.08 Å². The number of hydrogen-bond donors (Lipinski definition) is 0. The monoisotopic (exact) mass is 208 g/mol. The van der Waals surface area contributed by atoms with Crippen LogP contribution < -0.4 is 4.90 Å². The lowest BCUT2D eigenvalue weighted by Gasteiger charge is -2.35.